The largest absolute Gasteiger partial charge is 0.479 e. The van der Waals surface area contributed by atoms with E-state index in [1.54, 1.807) is 6.07 Å². The maximum Gasteiger partial charge on any atom is 0.334 e. The summed E-state index contributed by atoms with van der Waals surface area (Å²) in [7, 11) is 0. The average Bonchev–Trinajstić information content (AvgIpc) is 2.55. The number of nitrogens with zero attached hydrogens (tertiary/aromatic N) is 1. The molecule has 126 valence electrons. The highest BCUT2D eigenvalue weighted by Gasteiger charge is 2.17. The SMILES string of the molecule is O=C(NC[C@H](O)C(=O)O)c1ccncc1Nc1ccc(I)cc1F. The van der Waals surface area contributed by atoms with E-state index in [9.17, 15) is 19.1 Å². The lowest BCUT2D eigenvalue weighted by Crippen LogP contribution is -2.36. The molecule has 0 radical (unpaired) electrons. The quantitative estimate of drug-likeness (QED) is 0.505. The maximum atomic E-state index is 13.9. The Morgan fingerprint density at radius 2 is 2.04 bits per heavy atom. The Morgan fingerprint density at radius 3 is 2.71 bits per heavy atom. The molecular weight excluding hydrogens is 432 g/mol. The molecular formula is C15H13FIN3O4. The monoisotopic (exact) mass is 445 g/mol. The first kappa shape index (κ1) is 18.1. The summed E-state index contributed by atoms with van der Waals surface area (Å²) < 4.78 is 14.6. The zero-order valence-electron chi connectivity index (χ0n) is 12.2. The van der Waals surface area contributed by atoms with Crippen LogP contribution >= 0.6 is 22.6 Å². The summed E-state index contributed by atoms with van der Waals surface area (Å²) in [4.78, 5) is 26.6. The highest BCUT2D eigenvalue weighted by molar-refractivity contribution is 14.1. The molecule has 1 atom stereocenters. The van der Waals surface area contributed by atoms with Crippen molar-refractivity contribution >= 4 is 45.8 Å². The Balaban J connectivity index is 2.17. The second kappa shape index (κ2) is 8.02. The van der Waals surface area contributed by atoms with Gasteiger partial charge in [0, 0.05) is 9.77 Å². The second-order valence-corrected chi connectivity index (χ2v) is 5.98. The van der Waals surface area contributed by atoms with Gasteiger partial charge in [-0.05, 0) is 46.9 Å². The Kier molecular flexibility index (Phi) is 6.04. The van der Waals surface area contributed by atoms with Gasteiger partial charge in [0.2, 0.25) is 0 Å². The molecule has 7 nitrogen and oxygen atoms in total. The summed E-state index contributed by atoms with van der Waals surface area (Å²) in [6.45, 7) is -0.451. The number of amides is 1. The van der Waals surface area contributed by atoms with Crippen molar-refractivity contribution in [3.63, 3.8) is 0 Å². The number of carboxylic acid groups (broad SMARTS) is 1. The first-order chi connectivity index (χ1) is 11.4. The third-order valence-corrected chi connectivity index (χ3v) is 3.68. The Bertz CT molecular complexity index is 772. The van der Waals surface area contributed by atoms with Crippen molar-refractivity contribution in [2.24, 2.45) is 0 Å². The van der Waals surface area contributed by atoms with Crippen LogP contribution in [-0.2, 0) is 4.79 Å². The molecule has 2 aromatic rings. The summed E-state index contributed by atoms with van der Waals surface area (Å²) in [6, 6.07) is 5.96. The van der Waals surface area contributed by atoms with Crippen molar-refractivity contribution in [1.82, 2.24) is 10.3 Å². The van der Waals surface area contributed by atoms with Crippen molar-refractivity contribution in [2.45, 2.75) is 6.10 Å². The molecule has 1 heterocycles. The number of pyridine rings is 1. The van der Waals surface area contributed by atoms with Gasteiger partial charge in [-0.15, -0.1) is 0 Å². The van der Waals surface area contributed by atoms with Crippen LogP contribution in [0.1, 0.15) is 10.4 Å². The molecule has 2 rings (SSSR count). The van der Waals surface area contributed by atoms with Crippen LogP contribution in [0.25, 0.3) is 0 Å². The molecule has 0 aliphatic heterocycles. The van der Waals surface area contributed by atoms with E-state index >= 15 is 0 Å². The predicted octanol–water partition coefficient (Wildman–Crippen LogP) is 1.74. The zero-order chi connectivity index (χ0) is 17.7. The van der Waals surface area contributed by atoms with Gasteiger partial charge in [0.05, 0.1) is 29.7 Å². The van der Waals surface area contributed by atoms with E-state index in [0.29, 0.717) is 0 Å². The van der Waals surface area contributed by atoms with Crippen LogP contribution in [0, 0.1) is 9.39 Å². The number of benzene rings is 1. The molecule has 0 saturated carbocycles. The number of hydrogen-bond donors (Lipinski definition) is 4. The van der Waals surface area contributed by atoms with Crippen LogP contribution in [0.4, 0.5) is 15.8 Å². The summed E-state index contributed by atoms with van der Waals surface area (Å²) >= 11 is 1.98. The fourth-order valence-corrected chi connectivity index (χ4v) is 2.25. The average molecular weight is 445 g/mol. The van der Waals surface area contributed by atoms with Crippen LogP contribution in [0.15, 0.2) is 36.7 Å². The summed E-state index contributed by atoms with van der Waals surface area (Å²) in [5.41, 5.74) is 0.559. The molecule has 0 fully saturated rings. The number of carboxylic acids is 1. The van der Waals surface area contributed by atoms with Crippen LogP contribution < -0.4 is 10.6 Å². The number of halogens is 2. The summed E-state index contributed by atoms with van der Waals surface area (Å²) in [5.74, 6) is -2.55. The number of carbonyl (C=O) groups excluding carboxylic acids is 1. The lowest BCUT2D eigenvalue weighted by molar-refractivity contribution is -0.146. The van der Waals surface area contributed by atoms with Gasteiger partial charge in [-0.2, -0.15) is 0 Å². The lowest BCUT2D eigenvalue weighted by Gasteiger charge is -2.13. The third-order valence-electron chi connectivity index (χ3n) is 3.01. The molecule has 4 N–H and O–H groups in total. The van der Waals surface area contributed by atoms with Gasteiger partial charge in [-0.3, -0.25) is 9.78 Å². The number of aliphatic hydroxyl groups excluding tert-OH is 1. The number of rotatable bonds is 6. The number of aliphatic hydroxyl groups is 1. The molecule has 1 aromatic carbocycles. The number of carbonyl (C=O) groups is 2. The molecule has 1 aromatic heterocycles. The molecule has 0 unspecified atom stereocenters. The van der Waals surface area contributed by atoms with Gasteiger partial charge < -0.3 is 20.8 Å². The third kappa shape index (κ3) is 4.61. The number of anilines is 2. The van der Waals surface area contributed by atoms with E-state index < -0.39 is 30.3 Å². The van der Waals surface area contributed by atoms with E-state index in [2.05, 4.69) is 15.6 Å². The van der Waals surface area contributed by atoms with Crippen molar-refractivity contribution < 1.29 is 24.2 Å². The maximum absolute atomic E-state index is 13.9. The van der Waals surface area contributed by atoms with Crippen LogP contribution in [0.5, 0.6) is 0 Å². The Hall–Kier alpha value is -2.27. The van der Waals surface area contributed by atoms with Crippen LogP contribution in [0.3, 0.4) is 0 Å². The lowest BCUT2D eigenvalue weighted by atomic mass is 10.2. The number of aliphatic carboxylic acids is 1. The number of hydrogen-bond acceptors (Lipinski definition) is 5. The first-order valence-corrected chi connectivity index (χ1v) is 7.81. The van der Waals surface area contributed by atoms with Gasteiger partial charge in [-0.1, -0.05) is 0 Å². The number of aromatic nitrogens is 1. The molecule has 24 heavy (non-hydrogen) atoms. The van der Waals surface area contributed by atoms with Crippen molar-refractivity contribution in [3.05, 3.63) is 51.6 Å². The van der Waals surface area contributed by atoms with E-state index in [-0.39, 0.29) is 16.9 Å². The molecule has 0 bridgehead atoms. The first-order valence-electron chi connectivity index (χ1n) is 6.73. The fourth-order valence-electron chi connectivity index (χ4n) is 1.80. The van der Waals surface area contributed by atoms with Gasteiger partial charge in [0.25, 0.3) is 5.91 Å². The molecule has 9 heteroatoms. The smallest absolute Gasteiger partial charge is 0.334 e. The minimum Gasteiger partial charge on any atom is -0.479 e. The minimum absolute atomic E-state index is 0.139. The van der Waals surface area contributed by atoms with Crippen molar-refractivity contribution in [2.75, 3.05) is 11.9 Å². The van der Waals surface area contributed by atoms with Crippen molar-refractivity contribution in [3.8, 4) is 0 Å². The normalized spacial score (nSPS) is 11.6. The fraction of sp³-hybridized carbons (Fsp3) is 0.133. The van der Waals surface area contributed by atoms with E-state index in [1.165, 1.54) is 30.6 Å². The summed E-state index contributed by atoms with van der Waals surface area (Å²) in [6.07, 6.45) is 1.01. The standard InChI is InChI=1S/C15H13FIN3O4/c16-10-5-8(17)1-2-11(10)20-12-6-18-4-3-9(12)14(22)19-7-13(21)15(23)24/h1-6,13,20-21H,7H2,(H,19,22)(H,23,24)/t13-/m0/s1. The summed E-state index contributed by atoms with van der Waals surface area (Å²) in [5, 5.41) is 22.9. The highest BCUT2D eigenvalue weighted by Crippen LogP contribution is 2.23. The molecule has 0 aliphatic carbocycles. The second-order valence-electron chi connectivity index (χ2n) is 4.73. The van der Waals surface area contributed by atoms with Gasteiger partial charge in [0.15, 0.2) is 6.10 Å². The molecule has 0 aliphatic rings. The highest BCUT2D eigenvalue weighted by atomic mass is 127. The van der Waals surface area contributed by atoms with E-state index in [0.717, 1.165) is 3.57 Å². The van der Waals surface area contributed by atoms with Gasteiger partial charge in [0.1, 0.15) is 5.82 Å². The van der Waals surface area contributed by atoms with Crippen molar-refractivity contribution in [1.29, 1.82) is 0 Å². The Morgan fingerprint density at radius 1 is 1.29 bits per heavy atom. The van der Waals surface area contributed by atoms with E-state index in [4.69, 9.17) is 5.11 Å². The van der Waals surface area contributed by atoms with Crippen LogP contribution in [-0.4, -0.2) is 39.7 Å². The van der Waals surface area contributed by atoms with Gasteiger partial charge >= 0.3 is 5.97 Å². The molecule has 1 amide bonds. The van der Waals surface area contributed by atoms with Gasteiger partial charge in [-0.25, -0.2) is 9.18 Å². The molecule has 0 saturated heterocycles. The Labute approximate surface area is 150 Å². The topological polar surface area (TPSA) is 112 Å². The number of nitrogens with one attached hydrogen (secondary N) is 2. The zero-order valence-corrected chi connectivity index (χ0v) is 14.3. The minimum atomic E-state index is -1.71. The molecule has 0 spiro atoms. The van der Waals surface area contributed by atoms with Crippen LogP contribution in [0.2, 0.25) is 0 Å². The van der Waals surface area contributed by atoms with E-state index in [1.807, 2.05) is 22.6 Å². The predicted molar refractivity (Wildman–Crippen MR) is 92.6 cm³/mol.